The van der Waals surface area contributed by atoms with Crippen LogP contribution in [-0.4, -0.2) is 106 Å². The van der Waals surface area contributed by atoms with E-state index in [0.29, 0.717) is 9.99 Å². The van der Waals surface area contributed by atoms with Crippen molar-refractivity contribution < 1.29 is 39.0 Å². The van der Waals surface area contributed by atoms with Crippen LogP contribution in [0.4, 0.5) is 5.69 Å². The van der Waals surface area contributed by atoms with Gasteiger partial charge in [0.15, 0.2) is 0 Å². The summed E-state index contributed by atoms with van der Waals surface area (Å²) in [6.45, 7) is 0.481. The Hall–Kier alpha value is -4.16. The summed E-state index contributed by atoms with van der Waals surface area (Å²) < 4.78 is 0.415. The number of nitrogens with zero attached hydrogens (tertiary/aromatic N) is 5. The fraction of sp³-hybridized carbons (Fsp3) is 0.500. The van der Waals surface area contributed by atoms with E-state index >= 15 is 0 Å². The molecule has 2 fully saturated rings. The van der Waals surface area contributed by atoms with Gasteiger partial charge in [-0.05, 0) is 60.0 Å². The number of amides is 6. The van der Waals surface area contributed by atoms with Crippen LogP contribution in [-0.2, 0) is 24.0 Å². The molecule has 0 aromatic heterocycles. The molecule has 6 amide bonds. The van der Waals surface area contributed by atoms with Gasteiger partial charge in [-0.25, -0.2) is 0 Å². The lowest BCUT2D eigenvalue weighted by molar-refractivity contribution is -0.141. The molecule has 7 N–H and O–H groups in total. The van der Waals surface area contributed by atoms with E-state index in [9.17, 15) is 39.0 Å². The lowest BCUT2D eigenvalue weighted by atomic mass is 10.1. The van der Waals surface area contributed by atoms with Gasteiger partial charge in [-0.3, -0.25) is 28.8 Å². The normalized spacial score (nSPS) is 20.3. The molecule has 0 spiro atoms. The molecule has 0 saturated carbocycles. The maximum Gasteiger partial charge on any atom is 0.258 e. The number of phenols is 1. The smallest absolute Gasteiger partial charge is 0.258 e. The third kappa shape index (κ3) is 7.77. The van der Waals surface area contributed by atoms with Gasteiger partial charge in [0.2, 0.25) is 29.5 Å². The summed E-state index contributed by atoms with van der Waals surface area (Å²) >= 11 is 1.85. The predicted octanol–water partition coefficient (Wildman–Crippen LogP) is -1.27. The monoisotopic (exact) mass is 699 g/mol. The molecule has 0 bridgehead atoms. The summed E-state index contributed by atoms with van der Waals surface area (Å²) in [5.41, 5.74) is 13.7. The highest BCUT2D eigenvalue weighted by molar-refractivity contribution is 14.1. The molecule has 2 saturated heterocycles. The van der Waals surface area contributed by atoms with Gasteiger partial charge < -0.3 is 41.7 Å². The minimum atomic E-state index is -1.12. The molecule has 226 valence electrons. The van der Waals surface area contributed by atoms with Crippen LogP contribution >= 0.6 is 22.6 Å². The van der Waals surface area contributed by atoms with Crippen molar-refractivity contribution >= 4 is 63.7 Å². The van der Waals surface area contributed by atoms with Crippen LogP contribution in [0.2, 0.25) is 0 Å². The third-order valence-corrected chi connectivity index (χ3v) is 7.61. The number of hydrogen-bond donors (Lipinski definition) is 6. The van der Waals surface area contributed by atoms with E-state index in [2.05, 4.69) is 26.0 Å². The van der Waals surface area contributed by atoms with Crippen molar-refractivity contribution in [2.24, 2.45) is 10.8 Å². The van der Waals surface area contributed by atoms with E-state index in [4.69, 9.17) is 11.3 Å². The number of rotatable bonds is 10. The largest absolute Gasteiger partial charge is 0.507 e. The highest BCUT2D eigenvalue weighted by Crippen LogP contribution is 2.33. The van der Waals surface area contributed by atoms with Crippen molar-refractivity contribution in [2.45, 2.75) is 50.4 Å². The second-order valence-corrected chi connectivity index (χ2v) is 10.9. The average molecular weight is 699 g/mol. The molecule has 42 heavy (non-hydrogen) atoms. The number of hydrogen-bond acceptors (Lipinski definition) is 9. The van der Waals surface area contributed by atoms with Crippen molar-refractivity contribution in [1.82, 2.24) is 25.8 Å². The lowest BCUT2D eigenvalue weighted by Gasteiger charge is -2.31. The molecule has 2 heterocycles. The number of nitrogens with two attached hydrogens (primary N) is 1. The minimum Gasteiger partial charge on any atom is -0.507 e. The Labute approximate surface area is 252 Å². The van der Waals surface area contributed by atoms with Gasteiger partial charge in [0, 0.05) is 28.0 Å². The van der Waals surface area contributed by atoms with E-state index in [1.165, 1.54) is 22.8 Å². The molecule has 2 aliphatic heterocycles. The minimum absolute atomic E-state index is 0.0877. The molecule has 2 aliphatic rings. The number of aliphatic hydroxyl groups is 1. The number of carbonyl (C=O) groups excluding carboxylic acids is 6. The number of likely N-dealkylation sites (tertiary alicyclic amines) is 2. The van der Waals surface area contributed by atoms with Gasteiger partial charge in [-0.15, -0.1) is 0 Å². The lowest BCUT2D eigenvalue weighted by Crippen LogP contribution is -2.54. The van der Waals surface area contributed by atoms with Crippen LogP contribution in [0, 0.1) is 3.57 Å². The Morgan fingerprint density at radius 2 is 1.88 bits per heavy atom. The molecule has 4 atom stereocenters. The van der Waals surface area contributed by atoms with E-state index in [0.717, 1.165) is 6.07 Å². The second-order valence-electron chi connectivity index (χ2n) is 9.75. The maximum absolute atomic E-state index is 13.6. The zero-order valence-electron chi connectivity index (χ0n) is 22.4. The number of aromatic hydroxyl groups is 1. The van der Waals surface area contributed by atoms with E-state index in [1.807, 2.05) is 22.6 Å². The Morgan fingerprint density at radius 1 is 1.17 bits per heavy atom. The van der Waals surface area contributed by atoms with Gasteiger partial charge in [0.1, 0.15) is 23.9 Å². The second kappa shape index (κ2) is 14.1. The highest BCUT2D eigenvalue weighted by atomic mass is 127. The Balaban J connectivity index is 1.65. The molecule has 0 aliphatic carbocycles. The van der Waals surface area contributed by atoms with Gasteiger partial charge >= 0.3 is 0 Å². The molecular formula is C24H30IN9O8. The van der Waals surface area contributed by atoms with Crippen molar-refractivity contribution in [3.05, 3.63) is 31.7 Å². The topological polar surface area (TPSA) is 260 Å². The number of azide groups is 1. The molecule has 17 nitrogen and oxygen atoms in total. The van der Waals surface area contributed by atoms with Gasteiger partial charge in [0.25, 0.3) is 5.91 Å². The first-order valence-electron chi connectivity index (χ1n) is 12.8. The number of phenolic OH excluding ortho intramolecular Hbond substituents is 1. The highest BCUT2D eigenvalue weighted by Gasteiger charge is 2.45. The van der Waals surface area contributed by atoms with Crippen LogP contribution in [0.25, 0.3) is 10.4 Å². The number of nitrogens with one attached hydrogen (secondary N) is 3. The molecule has 18 heteroatoms. The maximum atomic E-state index is 13.6. The number of aliphatic hydroxyl groups excluding tert-OH is 1. The summed E-state index contributed by atoms with van der Waals surface area (Å²) in [5.74, 6) is -4.46. The quantitative estimate of drug-likeness (QED) is 0.0741. The summed E-state index contributed by atoms with van der Waals surface area (Å²) in [6.07, 6.45) is -0.337. The Morgan fingerprint density at radius 3 is 2.55 bits per heavy atom. The SMILES string of the molecule is C[C@H](NC(=O)CNC(=O)[C@@H]1C[C@@H](O)CN1C(=O)[C@@H]1CCCN1C(=O)c1cc(I)c(N=[N+]=[N-])cc1O)C(=O)NCC(N)=O. The van der Waals surface area contributed by atoms with E-state index in [1.54, 1.807) is 0 Å². The summed E-state index contributed by atoms with van der Waals surface area (Å²) in [5, 5.41) is 31.1. The first-order chi connectivity index (χ1) is 19.8. The standard InChI is InChI=1S/C24H30IN9O8/c1-11(21(39)28-8-19(26)37)30-20(38)9-29-22(40)17-5-12(35)10-34(17)24(42)16-3-2-4-33(16)23(41)13-6-14(25)15(31-32-27)7-18(13)36/h6-7,11-12,16-17,35-36H,2-5,8-10H2,1H3,(H2,26,37)(H,28,39)(H,29,40)(H,30,38)/t11-,12+,16-,17-/m0/s1. The molecule has 0 radical (unpaired) electrons. The third-order valence-electron chi connectivity index (χ3n) is 6.74. The van der Waals surface area contributed by atoms with Crippen molar-refractivity contribution in [1.29, 1.82) is 0 Å². The Kier molecular flexibility index (Phi) is 10.9. The molecule has 0 unspecified atom stereocenters. The van der Waals surface area contributed by atoms with Crippen molar-refractivity contribution in [3.8, 4) is 5.75 Å². The van der Waals surface area contributed by atoms with E-state index in [-0.39, 0.29) is 37.2 Å². The van der Waals surface area contributed by atoms with Crippen LogP contribution in [0.15, 0.2) is 17.2 Å². The van der Waals surface area contributed by atoms with Gasteiger partial charge in [-0.1, -0.05) is 5.11 Å². The molecule has 1 aromatic rings. The zero-order valence-corrected chi connectivity index (χ0v) is 24.6. The first kappa shape index (κ1) is 32.4. The first-order valence-corrected chi connectivity index (χ1v) is 13.9. The van der Waals surface area contributed by atoms with Gasteiger partial charge in [-0.2, -0.15) is 0 Å². The zero-order chi connectivity index (χ0) is 31.1. The summed E-state index contributed by atoms with van der Waals surface area (Å²) in [7, 11) is 0. The van der Waals surface area contributed by atoms with Crippen LogP contribution in [0.3, 0.4) is 0 Å². The molecular weight excluding hydrogens is 669 g/mol. The molecule has 3 rings (SSSR count). The number of benzene rings is 1. The van der Waals surface area contributed by atoms with E-state index < -0.39 is 78.5 Å². The van der Waals surface area contributed by atoms with Crippen LogP contribution in [0.1, 0.15) is 36.5 Å². The van der Waals surface area contributed by atoms with Crippen molar-refractivity contribution in [3.63, 3.8) is 0 Å². The Bertz CT molecular complexity index is 1340. The fourth-order valence-electron chi connectivity index (χ4n) is 4.74. The molecule has 1 aromatic carbocycles. The number of carbonyl (C=O) groups is 6. The number of primary amides is 1. The summed E-state index contributed by atoms with van der Waals surface area (Å²) in [4.78, 5) is 80.0. The van der Waals surface area contributed by atoms with Crippen molar-refractivity contribution in [2.75, 3.05) is 26.2 Å². The van der Waals surface area contributed by atoms with Crippen LogP contribution in [0.5, 0.6) is 5.75 Å². The number of halogens is 1. The van der Waals surface area contributed by atoms with Gasteiger partial charge in [0.05, 0.1) is 30.4 Å². The number of β-amino-alcohol motifs (C(OH)–C–C–N with tert-alkyl or cyclic N) is 1. The summed E-state index contributed by atoms with van der Waals surface area (Å²) in [6, 6.07) is -0.597. The fourth-order valence-corrected chi connectivity index (χ4v) is 5.31. The van der Waals surface area contributed by atoms with Crippen LogP contribution < -0.4 is 21.7 Å². The average Bonchev–Trinajstić information content (AvgIpc) is 3.58. The predicted molar refractivity (Wildman–Crippen MR) is 153 cm³/mol.